The van der Waals surface area contributed by atoms with Gasteiger partial charge in [0.2, 0.25) is 0 Å². The molecule has 0 heterocycles. The molecule has 0 amide bonds. The van der Waals surface area contributed by atoms with Crippen molar-refractivity contribution in [2.45, 2.75) is 19.6 Å². The number of hydrogen-bond donors (Lipinski definition) is 6. The van der Waals surface area contributed by atoms with E-state index < -0.39 is 116 Å². The minimum atomic E-state index is -5.19. The Morgan fingerprint density at radius 3 is 1.12 bits per heavy atom. The Labute approximate surface area is 295 Å². The van der Waals surface area contributed by atoms with E-state index in [1.54, 1.807) is 0 Å². The van der Waals surface area contributed by atoms with Gasteiger partial charge in [0.05, 0.1) is 45.9 Å². The average Bonchev–Trinajstić information content (AvgIpc) is 2.97. The van der Waals surface area contributed by atoms with E-state index in [2.05, 4.69) is 28.8 Å². The highest BCUT2D eigenvalue weighted by Gasteiger charge is 2.25. The van der Waals surface area contributed by atoms with Gasteiger partial charge in [0, 0.05) is 0 Å². The van der Waals surface area contributed by atoms with E-state index >= 15 is 0 Å². The second kappa shape index (κ2) is 15.5. The maximum absolute atomic E-state index is 12.5. The monoisotopic (exact) mass is 852 g/mol. The van der Waals surface area contributed by atoms with Gasteiger partial charge >= 0.3 is 20.8 Å². The highest BCUT2D eigenvalue weighted by atomic mass is 32.3. The van der Waals surface area contributed by atoms with Gasteiger partial charge < -0.3 is 11.5 Å². The molecule has 30 heteroatoms. The summed E-state index contributed by atoms with van der Waals surface area (Å²) in [4.78, 5) is -3.60. The first-order valence-electron chi connectivity index (χ1n) is 13.0. The molecule has 3 aromatic rings. The van der Waals surface area contributed by atoms with E-state index in [1.807, 2.05) is 0 Å². The summed E-state index contributed by atoms with van der Waals surface area (Å²) in [5.74, 6) is -2.08. The standard InChI is InChI=1S/C22H24N6O18S6/c23-15-11-16(24)20(28-26-18-4-2-14(10-22(18)50(36,37)38)48(31,32)8-6-46-52(42,43)44)12-19(15)27-25-17-3-1-13(9-21(17)49(33,34)35)47(29,30)7-5-45-51(39,40)41/h1-4,9-12H,5-8,23-24H2,(H,33,34,35)(H,36,37,38)(H,39,40,41)(H,42,43,44)/b27-25+,28-26+. The number of azo groups is 2. The Morgan fingerprint density at radius 1 is 0.481 bits per heavy atom. The number of benzene rings is 3. The summed E-state index contributed by atoms with van der Waals surface area (Å²) in [7, 11) is -29.2. The molecule has 3 aromatic carbocycles. The molecule has 3 rings (SSSR count). The van der Waals surface area contributed by atoms with E-state index in [9.17, 15) is 59.6 Å². The van der Waals surface area contributed by atoms with Crippen LogP contribution in [0, 0.1) is 0 Å². The number of nitrogens with zero attached hydrogens (tertiary/aromatic N) is 4. The summed E-state index contributed by atoms with van der Waals surface area (Å²) in [6.45, 7) is -2.08. The van der Waals surface area contributed by atoms with Gasteiger partial charge in [-0.2, -0.15) is 33.7 Å². The summed E-state index contributed by atoms with van der Waals surface area (Å²) < 4.78 is 186. The Hall–Kier alpha value is -4.08. The van der Waals surface area contributed by atoms with E-state index in [4.69, 9.17) is 20.6 Å². The molecular weight excluding hydrogens is 829 g/mol. The van der Waals surface area contributed by atoms with Crippen molar-refractivity contribution in [3.8, 4) is 0 Å². The molecule has 0 bridgehead atoms. The normalized spacial score (nSPS) is 13.6. The predicted octanol–water partition coefficient (Wildman–Crippen LogP) is 1.36. The van der Waals surface area contributed by atoms with Crippen LogP contribution in [-0.2, 0) is 69.1 Å². The molecule has 0 aliphatic heterocycles. The van der Waals surface area contributed by atoms with Gasteiger partial charge in [0.1, 0.15) is 32.5 Å². The third-order valence-corrected chi connectivity index (χ3v) is 12.1. The molecule has 24 nitrogen and oxygen atoms in total. The summed E-state index contributed by atoms with van der Waals surface area (Å²) in [6.07, 6.45) is 0. The van der Waals surface area contributed by atoms with Gasteiger partial charge in [-0.3, -0.25) is 18.2 Å². The Bertz CT molecular complexity index is 2450. The van der Waals surface area contributed by atoms with Crippen molar-refractivity contribution in [3.63, 3.8) is 0 Å². The molecule has 0 atom stereocenters. The fourth-order valence-corrected chi connectivity index (χ4v) is 8.16. The zero-order valence-corrected chi connectivity index (χ0v) is 30.2. The van der Waals surface area contributed by atoms with Crippen LogP contribution in [0.25, 0.3) is 0 Å². The molecule has 286 valence electrons. The van der Waals surface area contributed by atoms with Crippen molar-refractivity contribution < 1.29 is 77.1 Å². The minimum absolute atomic E-state index is 0.210. The number of nitrogens with two attached hydrogens (primary N) is 2. The predicted molar refractivity (Wildman–Crippen MR) is 175 cm³/mol. The molecule has 0 unspecified atom stereocenters. The molecule has 0 aliphatic rings. The first kappa shape index (κ1) is 42.3. The Balaban J connectivity index is 1.99. The van der Waals surface area contributed by atoms with Crippen LogP contribution in [-0.4, -0.2) is 93.4 Å². The van der Waals surface area contributed by atoms with Gasteiger partial charge in [0.25, 0.3) is 20.2 Å². The van der Waals surface area contributed by atoms with Crippen molar-refractivity contribution in [3.05, 3.63) is 48.5 Å². The zero-order chi connectivity index (χ0) is 39.5. The minimum Gasteiger partial charge on any atom is -0.397 e. The fraction of sp³-hybridized carbons (Fsp3) is 0.182. The van der Waals surface area contributed by atoms with Gasteiger partial charge in [0.15, 0.2) is 19.7 Å². The number of nitrogen functional groups attached to an aromatic ring is 2. The highest BCUT2D eigenvalue weighted by molar-refractivity contribution is 7.92. The van der Waals surface area contributed by atoms with Gasteiger partial charge in [-0.1, -0.05) is 0 Å². The molecule has 0 spiro atoms. The summed E-state index contributed by atoms with van der Waals surface area (Å²) in [6, 6.07) is 6.29. The van der Waals surface area contributed by atoms with Crippen LogP contribution in [0.4, 0.5) is 34.1 Å². The SMILES string of the molecule is Nc1cc(N)c(/N=N/c2ccc(S(=O)(=O)CCOS(=O)(=O)O)cc2S(=O)(=O)O)cc1/N=N/c1ccc(S(=O)(=O)CCOS(=O)(=O)O)cc1S(=O)(=O)O. The first-order chi connectivity index (χ1) is 23.6. The topological polar surface area (TPSA) is 406 Å². The van der Waals surface area contributed by atoms with E-state index in [1.165, 1.54) is 0 Å². The van der Waals surface area contributed by atoms with Crippen molar-refractivity contribution in [2.24, 2.45) is 20.5 Å². The Kier molecular flexibility index (Phi) is 12.6. The summed E-state index contributed by atoms with van der Waals surface area (Å²) >= 11 is 0. The summed E-state index contributed by atoms with van der Waals surface area (Å²) in [5.41, 5.74) is 9.50. The molecular formula is C22H24N6O18S6. The largest absolute Gasteiger partial charge is 0.397 e. The molecule has 0 aromatic heterocycles. The second-order valence-corrected chi connectivity index (χ2v) is 18.9. The fourth-order valence-electron chi connectivity index (χ4n) is 3.69. The zero-order valence-electron chi connectivity index (χ0n) is 25.3. The van der Waals surface area contributed by atoms with Crippen LogP contribution in [0.5, 0.6) is 0 Å². The quantitative estimate of drug-likeness (QED) is 0.0673. The number of anilines is 2. The van der Waals surface area contributed by atoms with E-state index in [-0.39, 0.29) is 22.7 Å². The van der Waals surface area contributed by atoms with Crippen molar-refractivity contribution >= 4 is 94.8 Å². The molecule has 0 radical (unpaired) electrons. The third-order valence-electron chi connectivity index (χ3n) is 6.01. The maximum atomic E-state index is 12.5. The highest BCUT2D eigenvalue weighted by Crippen LogP contribution is 2.37. The van der Waals surface area contributed by atoms with Crippen LogP contribution >= 0.6 is 0 Å². The second-order valence-electron chi connectivity index (χ2n) is 9.72. The lowest BCUT2D eigenvalue weighted by atomic mass is 10.2. The average molecular weight is 853 g/mol. The molecule has 8 N–H and O–H groups in total. The van der Waals surface area contributed by atoms with Crippen LogP contribution < -0.4 is 11.5 Å². The third kappa shape index (κ3) is 12.0. The molecule has 52 heavy (non-hydrogen) atoms. The van der Waals surface area contributed by atoms with Crippen LogP contribution in [0.15, 0.2) is 88.6 Å². The first-order valence-corrected chi connectivity index (χ1v) is 22.0. The van der Waals surface area contributed by atoms with Crippen molar-refractivity contribution in [2.75, 3.05) is 36.2 Å². The van der Waals surface area contributed by atoms with Gasteiger partial charge in [-0.05, 0) is 48.5 Å². The number of hydrogen-bond acceptors (Lipinski definition) is 20. The summed E-state index contributed by atoms with van der Waals surface area (Å²) in [5, 5.41) is 14.8. The van der Waals surface area contributed by atoms with Crippen molar-refractivity contribution in [1.82, 2.24) is 0 Å². The Morgan fingerprint density at radius 2 is 0.808 bits per heavy atom. The molecule has 0 fully saturated rings. The lowest BCUT2D eigenvalue weighted by Gasteiger charge is -2.09. The number of sulfone groups is 2. The van der Waals surface area contributed by atoms with E-state index in [0.29, 0.717) is 12.1 Å². The molecule has 0 saturated carbocycles. The molecule has 0 aliphatic carbocycles. The van der Waals surface area contributed by atoms with E-state index in [0.717, 1.165) is 36.4 Å². The van der Waals surface area contributed by atoms with Crippen LogP contribution in [0.3, 0.4) is 0 Å². The van der Waals surface area contributed by atoms with Gasteiger partial charge in [-0.25, -0.2) is 25.2 Å². The lowest BCUT2D eigenvalue weighted by Crippen LogP contribution is -2.16. The molecule has 0 saturated heterocycles. The lowest BCUT2D eigenvalue weighted by molar-refractivity contribution is 0.282. The van der Waals surface area contributed by atoms with Crippen LogP contribution in [0.2, 0.25) is 0 Å². The van der Waals surface area contributed by atoms with Crippen molar-refractivity contribution in [1.29, 1.82) is 0 Å². The van der Waals surface area contributed by atoms with Gasteiger partial charge in [-0.15, -0.1) is 20.5 Å². The number of rotatable bonds is 16. The maximum Gasteiger partial charge on any atom is 0.397 e. The van der Waals surface area contributed by atoms with Crippen LogP contribution in [0.1, 0.15) is 0 Å². The smallest absolute Gasteiger partial charge is 0.397 e.